The summed E-state index contributed by atoms with van der Waals surface area (Å²) >= 11 is 0. The molecule has 2 nitrogen and oxygen atoms in total. The molecule has 0 amide bonds. The number of rotatable bonds is 2. The van der Waals surface area contributed by atoms with Gasteiger partial charge in [-0.2, -0.15) is 26.3 Å². The van der Waals surface area contributed by atoms with Gasteiger partial charge in [-0.1, -0.05) is 0 Å². The lowest BCUT2D eigenvalue weighted by atomic mass is 9.93. The van der Waals surface area contributed by atoms with E-state index in [1.54, 1.807) is 0 Å². The fourth-order valence-corrected chi connectivity index (χ4v) is 1.72. The molecule has 0 saturated carbocycles. The standard InChI is InChI=1S/C13H12F6O2/c1-7(20)21-11(2,3)8-4-9(12(14,15)16)6-10(5-8)13(17,18)19/h4-6H,1-3H3. The summed E-state index contributed by atoms with van der Waals surface area (Å²) < 4.78 is 81.1. The summed E-state index contributed by atoms with van der Waals surface area (Å²) in [6, 6.07) is 1.10. The van der Waals surface area contributed by atoms with Crippen LogP contribution in [0.3, 0.4) is 0 Å². The van der Waals surface area contributed by atoms with Crippen molar-refractivity contribution in [3.8, 4) is 0 Å². The molecule has 0 aliphatic rings. The molecule has 0 saturated heterocycles. The predicted molar refractivity (Wildman–Crippen MR) is 61.2 cm³/mol. The third-order valence-corrected chi connectivity index (χ3v) is 2.68. The van der Waals surface area contributed by atoms with Crippen molar-refractivity contribution in [2.75, 3.05) is 0 Å². The van der Waals surface area contributed by atoms with Crippen molar-refractivity contribution in [2.24, 2.45) is 0 Å². The van der Waals surface area contributed by atoms with Crippen LogP contribution in [0.25, 0.3) is 0 Å². The molecule has 0 bridgehead atoms. The molecule has 0 N–H and O–H groups in total. The van der Waals surface area contributed by atoms with Crippen molar-refractivity contribution in [2.45, 2.75) is 38.7 Å². The van der Waals surface area contributed by atoms with Crippen LogP contribution in [0.4, 0.5) is 26.3 Å². The molecule has 0 unspecified atom stereocenters. The van der Waals surface area contributed by atoms with Crippen molar-refractivity contribution in [1.82, 2.24) is 0 Å². The molecule has 1 aromatic rings. The molecular weight excluding hydrogens is 302 g/mol. The lowest BCUT2D eigenvalue weighted by molar-refractivity contribution is -0.154. The van der Waals surface area contributed by atoms with Crippen molar-refractivity contribution < 1.29 is 35.9 Å². The molecule has 0 aromatic heterocycles. The van der Waals surface area contributed by atoms with Crippen molar-refractivity contribution >= 4 is 5.97 Å². The van der Waals surface area contributed by atoms with E-state index in [9.17, 15) is 31.1 Å². The topological polar surface area (TPSA) is 26.3 Å². The first kappa shape index (κ1) is 17.3. The second-order valence-corrected chi connectivity index (χ2v) is 4.90. The number of halogens is 6. The second-order valence-electron chi connectivity index (χ2n) is 4.90. The summed E-state index contributed by atoms with van der Waals surface area (Å²) in [6.45, 7) is 3.44. The van der Waals surface area contributed by atoms with E-state index >= 15 is 0 Å². The Hall–Kier alpha value is -1.73. The third-order valence-electron chi connectivity index (χ3n) is 2.68. The average molecular weight is 314 g/mol. The van der Waals surface area contributed by atoms with Crippen LogP contribution in [-0.4, -0.2) is 5.97 Å². The Labute approximate surface area is 116 Å². The van der Waals surface area contributed by atoms with Gasteiger partial charge in [0.1, 0.15) is 5.60 Å². The highest BCUT2D eigenvalue weighted by Crippen LogP contribution is 2.39. The summed E-state index contributed by atoms with van der Waals surface area (Å²) in [5, 5.41) is 0. The molecular formula is C13H12F6O2. The molecule has 1 rings (SSSR count). The number of hydrogen-bond acceptors (Lipinski definition) is 2. The zero-order chi connectivity index (χ0) is 16.6. The van der Waals surface area contributed by atoms with Crippen LogP contribution in [0.5, 0.6) is 0 Å². The highest BCUT2D eigenvalue weighted by Gasteiger charge is 2.39. The Bertz CT molecular complexity index is 510. The predicted octanol–water partition coefficient (Wildman–Crippen LogP) is 4.52. The largest absolute Gasteiger partial charge is 0.455 e. The summed E-state index contributed by atoms with van der Waals surface area (Å²) in [5.41, 5.74) is -4.91. The van der Waals surface area contributed by atoms with Crippen LogP contribution in [-0.2, 0) is 27.5 Å². The van der Waals surface area contributed by atoms with Crippen molar-refractivity contribution in [3.63, 3.8) is 0 Å². The minimum absolute atomic E-state index is 0.0212. The SMILES string of the molecule is CC(=O)OC(C)(C)c1cc(C(F)(F)F)cc(C(F)(F)F)c1. The van der Waals surface area contributed by atoms with Crippen molar-refractivity contribution in [1.29, 1.82) is 0 Å². The van der Waals surface area contributed by atoms with Crippen LogP contribution in [0.1, 0.15) is 37.5 Å². The zero-order valence-electron chi connectivity index (χ0n) is 11.3. The Morgan fingerprint density at radius 2 is 1.19 bits per heavy atom. The lowest BCUT2D eigenvalue weighted by Crippen LogP contribution is -2.26. The first-order valence-electron chi connectivity index (χ1n) is 5.73. The van der Waals surface area contributed by atoms with Crippen LogP contribution in [0.15, 0.2) is 18.2 Å². The van der Waals surface area contributed by atoms with E-state index in [2.05, 4.69) is 0 Å². The normalized spacial score (nSPS) is 13.2. The zero-order valence-corrected chi connectivity index (χ0v) is 11.3. The molecule has 1 aromatic carbocycles. The third kappa shape index (κ3) is 4.37. The maximum atomic E-state index is 12.7. The van der Waals surface area contributed by atoms with Crippen LogP contribution < -0.4 is 0 Å². The molecule has 118 valence electrons. The number of carbonyl (C=O) groups is 1. The van der Waals surface area contributed by atoms with Gasteiger partial charge in [-0.3, -0.25) is 4.79 Å². The van der Waals surface area contributed by atoms with Gasteiger partial charge in [-0.25, -0.2) is 0 Å². The van der Waals surface area contributed by atoms with Crippen LogP contribution in [0.2, 0.25) is 0 Å². The highest BCUT2D eigenvalue weighted by molar-refractivity contribution is 5.66. The number of carbonyl (C=O) groups excluding carboxylic acids is 1. The van der Waals surface area contributed by atoms with Gasteiger partial charge in [0.2, 0.25) is 0 Å². The fraction of sp³-hybridized carbons (Fsp3) is 0.462. The van der Waals surface area contributed by atoms with Crippen LogP contribution >= 0.6 is 0 Å². The first-order valence-corrected chi connectivity index (χ1v) is 5.73. The lowest BCUT2D eigenvalue weighted by Gasteiger charge is -2.26. The van der Waals surface area contributed by atoms with Gasteiger partial charge < -0.3 is 4.74 Å². The van der Waals surface area contributed by atoms with Crippen LogP contribution in [0, 0.1) is 0 Å². The average Bonchev–Trinajstić information content (AvgIpc) is 2.24. The number of ether oxygens (including phenoxy) is 1. The van der Waals surface area contributed by atoms with Gasteiger partial charge in [-0.15, -0.1) is 0 Å². The van der Waals surface area contributed by atoms with Gasteiger partial charge >= 0.3 is 18.3 Å². The molecule has 21 heavy (non-hydrogen) atoms. The number of benzene rings is 1. The smallest absolute Gasteiger partial charge is 0.416 e. The molecule has 0 radical (unpaired) electrons. The van der Waals surface area contributed by atoms with E-state index < -0.39 is 35.0 Å². The number of esters is 1. The van der Waals surface area contributed by atoms with E-state index in [0.717, 1.165) is 6.92 Å². The minimum atomic E-state index is -4.94. The van der Waals surface area contributed by atoms with Gasteiger partial charge in [0.25, 0.3) is 0 Å². The molecule has 0 aliphatic carbocycles. The molecule has 0 atom stereocenters. The van der Waals surface area contributed by atoms with E-state index in [1.165, 1.54) is 13.8 Å². The van der Waals surface area contributed by atoms with E-state index in [4.69, 9.17) is 4.74 Å². The summed E-state index contributed by atoms with van der Waals surface area (Å²) in [4.78, 5) is 10.9. The molecule has 0 heterocycles. The minimum Gasteiger partial charge on any atom is -0.455 e. The highest BCUT2D eigenvalue weighted by atomic mass is 19.4. The van der Waals surface area contributed by atoms with Gasteiger partial charge in [0, 0.05) is 6.92 Å². The number of hydrogen-bond donors (Lipinski definition) is 0. The first-order chi connectivity index (χ1) is 9.23. The van der Waals surface area contributed by atoms with Gasteiger partial charge in [0.05, 0.1) is 11.1 Å². The molecule has 8 heteroatoms. The maximum absolute atomic E-state index is 12.7. The Morgan fingerprint density at radius 3 is 1.48 bits per heavy atom. The maximum Gasteiger partial charge on any atom is 0.416 e. The van der Waals surface area contributed by atoms with E-state index in [0.29, 0.717) is 12.1 Å². The van der Waals surface area contributed by atoms with Crippen molar-refractivity contribution in [3.05, 3.63) is 34.9 Å². The second kappa shape index (κ2) is 5.23. The molecule has 0 spiro atoms. The Balaban J connectivity index is 3.49. The summed E-state index contributed by atoms with van der Waals surface area (Å²) in [5.74, 6) is -0.814. The van der Waals surface area contributed by atoms with Gasteiger partial charge in [0.15, 0.2) is 0 Å². The summed E-state index contributed by atoms with van der Waals surface area (Å²) in [6.07, 6.45) is -9.88. The summed E-state index contributed by atoms with van der Waals surface area (Å²) in [7, 11) is 0. The quantitative estimate of drug-likeness (QED) is 0.592. The van der Waals surface area contributed by atoms with Gasteiger partial charge in [-0.05, 0) is 37.6 Å². The van der Waals surface area contributed by atoms with E-state index in [1.807, 2.05) is 0 Å². The Kier molecular flexibility index (Phi) is 4.32. The van der Waals surface area contributed by atoms with E-state index in [-0.39, 0.29) is 11.6 Å². The monoisotopic (exact) mass is 314 g/mol. The number of alkyl halides is 6. The Morgan fingerprint density at radius 1 is 0.857 bits per heavy atom. The fourth-order valence-electron chi connectivity index (χ4n) is 1.72. The molecule has 0 aliphatic heterocycles. The molecule has 0 fully saturated rings.